The minimum Gasteiger partial charge on any atom is -0.469 e. The number of esters is 1. The van der Waals surface area contributed by atoms with E-state index in [9.17, 15) is 9.59 Å². The molecular weight excluding hydrogens is 294 g/mol. The quantitative estimate of drug-likeness (QED) is 0.853. The van der Waals surface area contributed by atoms with E-state index < -0.39 is 5.41 Å². The first-order chi connectivity index (χ1) is 11.0. The van der Waals surface area contributed by atoms with Gasteiger partial charge in [-0.05, 0) is 30.9 Å². The molecule has 1 aromatic heterocycles. The van der Waals surface area contributed by atoms with Crippen molar-refractivity contribution in [1.29, 1.82) is 0 Å². The minimum absolute atomic E-state index is 0.156. The van der Waals surface area contributed by atoms with Crippen LogP contribution in [-0.2, 0) is 16.1 Å². The van der Waals surface area contributed by atoms with E-state index in [1.807, 2.05) is 37.3 Å². The number of carbonyl (C=O) groups is 2. The first-order valence-electron chi connectivity index (χ1n) is 7.70. The molecule has 2 aromatic rings. The molecule has 6 nitrogen and oxygen atoms in total. The van der Waals surface area contributed by atoms with Gasteiger partial charge < -0.3 is 19.9 Å². The molecule has 6 heteroatoms. The second-order valence-corrected chi connectivity index (χ2v) is 6.26. The van der Waals surface area contributed by atoms with E-state index >= 15 is 0 Å². The molecule has 23 heavy (non-hydrogen) atoms. The van der Waals surface area contributed by atoms with E-state index in [4.69, 9.17) is 4.74 Å². The third-order valence-electron chi connectivity index (χ3n) is 4.45. The molecule has 0 saturated carbocycles. The lowest BCUT2D eigenvalue weighted by Gasteiger charge is -2.22. The summed E-state index contributed by atoms with van der Waals surface area (Å²) in [4.78, 5) is 29.0. The average Bonchev–Trinajstić information content (AvgIpc) is 3.16. The van der Waals surface area contributed by atoms with Crippen molar-refractivity contribution in [2.75, 3.05) is 20.2 Å². The summed E-state index contributed by atoms with van der Waals surface area (Å²) in [5, 5.41) is 4.02. The smallest absolute Gasteiger partial charge is 0.317 e. The van der Waals surface area contributed by atoms with Crippen molar-refractivity contribution in [3.63, 3.8) is 0 Å². The lowest BCUT2D eigenvalue weighted by molar-refractivity contribution is -0.150. The number of hydrogen-bond donors (Lipinski definition) is 2. The summed E-state index contributed by atoms with van der Waals surface area (Å²) in [5.74, 6) is -0.261. The van der Waals surface area contributed by atoms with Gasteiger partial charge in [0.15, 0.2) is 0 Å². The number of fused-ring (bicyclic) bond motifs is 1. The fraction of sp³-hybridized carbons (Fsp3) is 0.412. The Balaban J connectivity index is 1.58. The number of amides is 2. The summed E-state index contributed by atoms with van der Waals surface area (Å²) in [7, 11) is 1.38. The number of hydrogen-bond acceptors (Lipinski definition) is 3. The molecule has 1 saturated heterocycles. The molecule has 1 fully saturated rings. The Bertz CT molecular complexity index is 707. The number of ether oxygens (including phenoxy) is 1. The van der Waals surface area contributed by atoms with Gasteiger partial charge in [-0.1, -0.05) is 18.2 Å². The number of aromatic amines is 1. The first-order valence-corrected chi connectivity index (χ1v) is 7.70. The number of nitrogens with zero attached hydrogens (tertiary/aromatic N) is 1. The van der Waals surface area contributed by atoms with Crippen LogP contribution in [0.3, 0.4) is 0 Å². The van der Waals surface area contributed by atoms with E-state index in [0.717, 1.165) is 16.6 Å². The van der Waals surface area contributed by atoms with E-state index in [0.29, 0.717) is 26.1 Å². The fourth-order valence-electron chi connectivity index (χ4n) is 3.06. The monoisotopic (exact) mass is 315 g/mol. The maximum absolute atomic E-state index is 12.3. The summed E-state index contributed by atoms with van der Waals surface area (Å²) >= 11 is 0. The molecule has 1 aliphatic rings. The van der Waals surface area contributed by atoms with Gasteiger partial charge in [0.2, 0.25) is 0 Å². The average molecular weight is 315 g/mol. The predicted octanol–water partition coefficient (Wildman–Crippen LogP) is 2.26. The third-order valence-corrected chi connectivity index (χ3v) is 4.45. The standard InChI is InChI=1S/C17H21N3O3/c1-17(15(21)23-2)7-8-20(11-17)16(22)18-10-13-9-12-5-3-4-6-14(12)19-13/h3-6,9,19H,7-8,10-11H2,1-2H3,(H,18,22)/t17-/m1/s1. The van der Waals surface area contributed by atoms with Crippen LogP contribution in [0.1, 0.15) is 19.0 Å². The van der Waals surface area contributed by atoms with Gasteiger partial charge in [-0.2, -0.15) is 0 Å². The van der Waals surface area contributed by atoms with Gasteiger partial charge in [-0.15, -0.1) is 0 Å². The van der Waals surface area contributed by atoms with Gasteiger partial charge in [0, 0.05) is 24.3 Å². The lowest BCUT2D eigenvalue weighted by Crippen LogP contribution is -2.40. The molecule has 0 spiro atoms. The van der Waals surface area contributed by atoms with Crippen molar-refractivity contribution >= 4 is 22.9 Å². The van der Waals surface area contributed by atoms with Crippen molar-refractivity contribution < 1.29 is 14.3 Å². The molecule has 0 unspecified atom stereocenters. The third kappa shape index (κ3) is 3.02. The predicted molar refractivity (Wildman–Crippen MR) is 86.8 cm³/mol. The largest absolute Gasteiger partial charge is 0.469 e. The molecule has 3 rings (SSSR count). The van der Waals surface area contributed by atoms with Gasteiger partial charge in [-0.25, -0.2) is 4.79 Å². The van der Waals surface area contributed by atoms with Crippen molar-refractivity contribution in [2.45, 2.75) is 19.9 Å². The van der Waals surface area contributed by atoms with Crippen LogP contribution in [-0.4, -0.2) is 42.1 Å². The summed E-state index contributed by atoms with van der Waals surface area (Å²) in [5.41, 5.74) is 1.40. The summed E-state index contributed by atoms with van der Waals surface area (Å²) in [6.07, 6.45) is 0.624. The Morgan fingerprint density at radius 1 is 1.39 bits per heavy atom. The molecule has 0 bridgehead atoms. The van der Waals surface area contributed by atoms with Gasteiger partial charge in [-0.3, -0.25) is 4.79 Å². The molecule has 122 valence electrons. The Kier molecular flexibility index (Phi) is 3.98. The molecule has 0 aliphatic carbocycles. The Morgan fingerprint density at radius 2 is 2.17 bits per heavy atom. The SMILES string of the molecule is COC(=O)[C@]1(C)CCN(C(=O)NCc2cc3ccccc3[nH]2)C1. The van der Waals surface area contributed by atoms with Crippen molar-refractivity contribution in [3.05, 3.63) is 36.0 Å². The van der Waals surface area contributed by atoms with Crippen molar-refractivity contribution in [2.24, 2.45) is 5.41 Å². The van der Waals surface area contributed by atoms with Crippen LogP contribution < -0.4 is 5.32 Å². The Labute approximate surface area is 134 Å². The van der Waals surface area contributed by atoms with Crippen LogP contribution in [0, 0.1) is 5.41 Å². The van der Waals surface area contributed by atoms with Crippen LogP contribution in [0.15, 0.2) is 30.3 Å². The van der Waals surface area contributed by atoms with Gasteiger partial charge in [0.1, 0.15) is 0 Å². The number of para-hydroxylation sites is 1. The number of rotatable bonds is 3. The van der Waals surface area contributed by atoms with Crippen LogP contribution in [0.4, 0.5) is 4.79 Å². The topological polar surface area (TPSA) is 74.4 Å². The second-order valence-electron chi connectivity index (χ2n) is 6.26. The second kappa shape index (κ2) is 5.95. The summed E-state index contributed by atoms with van der Waals surface area (Å²) < 4.78 is 4.83. The van der Waals surface area contributed by atoms with E-state index in [1.165, 1.54) is 7.11 Å². The maximum atomic E-state index is 12.3. The van der Waals surface area contributed by atoms with E-state index in [-0.39, 0.29) is 12.0 Å². The normalized spacial score (nSPS) is 20.7. The number of carbonyl (C=O) groups excluding carboxylic acids is 2. The molecule has 0 radical (unpaired) electrons. The van der Waals surface area contributed by atoms with E-state index in [2.05, 4.69) is 10.3 Å². The number of aromatic nitrogens is 1. The van der Waals surface area contributed by atoms with E-state index in [1.54, 1.807) is 4.90 Å². The molecule has 1 atom stereocenters. The molecule has 2 N–H and O–H groups in total. The van der Waals surface area contributed by atoms with Crippen molar-refractivity contribution in [1.82, 2.24) is 15.2 Å². The van der Waals surface area contributed by atoms with Crippen LogP contribution >= 0.6 is 0 Å². The highest BCUT2D eigenvalue weighted by molar-refractivity contribution is 5.81. The van der Waals surface area contributed by atoms with Gasteiger partial charge in [0.25, 0.3) is 0 Å². The summed E-state index contributed by atoms with van der Waals surface area (Å²) in [6, 6.07) is 9.85. The summed E-state index contributed by atoms with van der Waals surface area (Å²) in [6.45, 7) is 3.21. The zero-order valence-corrected chi connectivity index (χ0v) is 13.4. The molecular formula is C17H21N3O3. The highest BCUT2D eigenvalue weighted by Crippen LogP contribution is 2.31. The maximum Gasteiger partial charge on any atom is 0.317 e. The molecule has 2 amide bonds. The number of nitrogens with one attached hydrogen (secondary N) is 2. The highest BCUT2D eigenvalue weighted by Gasteiger charge is 2.42. The van der Waals surface area contributed by atoms with Gasteiger partial charge >= 0.3 is 12.0 Å². The Morgan fingerprint density at radius 3 is 2.91 bits per heavy atom. The number of benzene rings is 1. The number of H-pyrrole nitrogens is 1. The van der Waals surface area contributed by atoms with Crippen LogP contribution in [0.25, 0.3) is 10.9 Å². The van der Waals surface area contributed by atoms with Crippen LogP contribution in [0.5, 0.6) is 0 Å². The molecule has 1 aliphatic heterocycles. The first kappa shape index (κ1) is 15.4. The highest BCUT2D eigenvalue weighted by atomic mass is 16.5. The van der Waals surface area contributed by atoms with Crippen molar-refractivity contribution in [3.8, 4) is 0 Å². The molecule has 2 heterocycles. The van der Waals surface area contributed by atoms with Gasteiger partial charge in [0.05, 0.1) is 19.1 Å². The number of methoxy groups -OCH3 is 1. The zero-order valence-electron chi connectivity index (χ0n) is 13.4. The number of urea groups is 1. The zero-order chi connectivity index (χ0) is 16.4. The minimum atomic E-state index is -0.604. The number of likely N-dealkylation sites (tertiary alicyclic amines) is 1. The van der Waals surface area contributed by atoms with Crippen LogP contribution in [0.2, 0.25) is 0 Å². The Hall–Kier alpha value is -2.50. The molecule has 1 aromatic carbocycles. The lowest BCUT2D eigenvalue weighted by atomic mass is 9.90. The fourth-order valence-corrected chi connectivity index (χ4v) is 3.06.